The van der Waals surface area contributed by atoms with E-state index in [4.69, 9.17) is 16.3 Å². The number of hydrogen-bond acceptors (Lipinski definition) is 4. The largest absolute Gasteiger partial charge is 0.383 e. The molecule has 0 fully saturated rings. The lowest BCUT2D eigenvalue weighted by Gasteiger charge is -2.35. The van der Waals surface area contributed by atoms with E-state index in [1.165, 1.54) is 0 Å². The Morgan fingerprint density at radius 1 is 1.15 bits per heavy atom. The Morgan fingerprint density at radius 3 is 2.74 bits per heavy atom. The summed E-state index contributed by atoms with van der Waals surface area (Å²) in [5, 5.41) is 7.27. The molecule has 174 valence electrons. The first kappa shape index (κ1) is 23.8. The number of halogens is 1. The number of nitrogens with one attached hydrogen (secondary N) is 2. The number of nitrogens with zero attached hydrogens (tertiary/aromatic N) is 1. The van der Waals surface area contributed by atoms with E-state index in [9.17, 15) is 4.79 Å². The van der Waals surface area contributed by atoms with Crippen LogP contribution in [0.1, 0.15) is 35.2 Å². The molecule has 6 heteroatoms. The summed E-state index contributed by atoms with van der Waals surface area (Å²) in [5.74, 6) is 6.34. The molecule has 1 atom stereocenters. The van der Waals surface area contributed by atoms with Gasteiger partial charge in [0.1, 0.15) is 0 Å². The van der Waals surface area contributed by atoms with Crippen LogP contribution in [0.3, 0.4) is 0 Å². The van der Waals surface area contributed by atoms with E-state index >= 15 is 0 Å². The fourth-order valence-electron chi connectivity index (χ4n) is 4.31. The quantitative estimate of drug-likeness (QED) is 0.326. The Balaban J connectivity index is 1.71. The van der Waals surface area contributed by atoms with Crippen LogP contribution in [0.5, 0.6) is 0 Å². The predicted octanol–water partition coefficient (Wildman–Crippen LogP) is 5.32. The van der Waals surface area contributed by atoms with Gasteiger partial charge in [0.15, 0.2) is 0 Å². The van der Waals surface area contributed by atoms with Crippen molar-refractivity contribution in [2.24, 2.45) is 0 Å². The van der Waals surface area contributed by atoms with E-state index in [0.29, 0.717) is 30.3 Å². The number of hydrogen-bond donors (Lipinski definition) is 2. The molecule has 5 nitrogen and oxygen atoms in total. The molecule has 1 aliphatic rings. The summed E-state index contributed by atoms with van der Waals surface area (Å²) in [6, 6.07) is 18.0. The molecule has 0 saturated carbocycles. The monoisotopic (exact) mass is 473 g/mol. The Kier molecular flexibility index (Phi) is 7.84. The first-order chi connectivity index (χ1) is 16.6. The summed E-state index contributed by atoms with van der Waals surface area (Å²) in [4.78, 5) is 17.5. The van der Waals surface area contributed by atoms with Crippen LogP contribution in [-0.4, -0.2) is 37.7 Å². The first-order valence-corrected chi connectivity index (χ1v) is 11.8. The number of carbonyl (C=O) groups excluding carboxylic acids is 1. The minimum Gasteiger partial charge on any atom is -0.383 e. The molecule has 0 spiro atoms. The Bertz CT molecular complexity index is 1200. The molecule has 2 N–H and O–H groups in total. The van der Waals surface area contributed by atoms with Gasteiger partial charge in [-0.15, -0.1) is 11.8 Å². The van der Waals surface area contributed by atoms with Crippen molar-refractivity contribution < 1.29 is 9.53 Å². The molecule has 4 rings (SSSR count). The summed E-state index contributed by atoms with van der Waals surface area (Å²) in [6.07, 6.45) is 5.87. The second-order valence-electron chi connectivity index (χ2n) is 8.40. The topological polar surface area (TPSA) is 63.2 Å². The van der Waals surface area contributed by atoms with E-state index in [0.717, 1.165) is 41.6 Å². The molecular weight excluding hydrogens is 446 g/mol. The molecule has 0 aliphatic heterocycles. The summed E-state index contributed by atoms with van der Waals surface area (Å²) >= 11 is 6.35. The number of methoxy groups -OCH3 is 1. The highest BCUT2D eigenvalue weighted by Gasteiger charge is 2.33. The summed E-state index contributed by atoms with van der Waals surface area (Å²) in [6.45, 7) is 1.48. The summed E-state index contributed by atoms with van der Waals surface area (Å²) in [7, 11) is 1.61. The zero-order valence-electron chi connectivity index (χ0n) is 19.2. The second kappa shape index (κ2) is 11.2. The Hall–Kier alpha value is -3.33. The van der Waals surface area contributed by atoms with Gasteiger partial charge in [-0.1, -0.05) is 54.1 Å². The van der Waals surface area contributed by atoms with Gasteiger partial charge in [0.25, 0.3) is 5.91 Å². The molecule has 1 aliphatic carbocycles. The number of carbonyl (C=O) groups is 1. The highest BCUT2D eigenvalue weighted by molar-refractivity contribution is 6.30. The number of benzene rings is 2. The SMILES string of the molecule is COCCNC(=O)c1cncc(-c2ccccc2)c1NCC1(c2cccc(Cl)c2)CC#CCC1. The predicted molar refractivity (Wildman–Crippen MR) is 137 cm³/mol. The molecule has 2 aromatic carbocycles. The number of pyridine rings is 1. The van der Waals surface area contributed by atoms with E-state index in [1.54, 1.807) is 19.5 Å². The highest BCUT2D eigenvalue weighted by Crippen LogP contribution is 2.38. The normalized spacial score (nSPS) is 16.9. The van der Waals surface area contributed by atoms with Crippen molar-refractivity contribution in [3.63, 3.8) is 0 Å². The van der Waals surface area contributed by atoms with E-state index in [2.05, 4.69) is 33.5 Å². The molecule has 1 aromatic heterocycles. The van der Waals surface area contributed by atoms with Gasteiger partial charge in [0, 0.05) is 61.4 Å². The van der Waals surface area contributed by atoms with Gasteiger partial charge in [-0.2, -0.15) is 0 Å². The fourth-order valence-corrected chi connectivity index (χ4v) is 4.50. The molecule has 34 heavy (non-hydrogen) atoms. The van der Waals surface area contributed by atoms with Crippen LogP contribution in [0.4, 0.5) is 5.69 Å². The van der Waals surface area contributed by atoms with Crippen LogP contribution in [0.2, 0.25) is 5.02 Å². The molecular formula is C28H28ClN3O2. The van der Waals surface area contributed by atoms with Gasteiger partial charge >= 0.3 is 0 Å². The molecule has 0 saturated heterocycles. The number of anilines is 1. The zero-order chi connectivity index (χ0) is 23.8. The van der Waals surface area contributed by atoms with Crippen molar-refractivity contribution in [3.05, 3.63) is 83.1 Å². The Morgan fingerprint density at radius 2 is 2.00 bits per heavy atom. The van der Waals surface area contributed by atoms with Crippen molar-refractivity contribution >= 4 is 23.2 Å². The minimum absolute atomic E-state index is 0.190. The van der Waals surface area contributed by atoms with Gasteiger partial charge in [-0.05, 0) is 29.7 Å². The number of ether oxygens (including phenoxy) is 1. The third-order valence-corrected chi connectivity index (χ3v) is 6.42. The highest BCUT2D eigenvalue weighted by atomic mass is 35.5. The molecule has 1 amide bonds. The average Bonchev–Trinajstić information content (AvgIpc) is 2.88. The maximum absolute atomic E-state index is 13.1. The molecule has 1 heterocycles. The van der Waals surface area contributed by atoms with Crippen LogP contribution >= 0.6 is 11.6 Å². The number of aromatic nitrogens is 1. The van der Waals surface area contributed by atoms with Gasteiger partial charge in [0.05, 0.1) is 17.9 Å². The molecule has 0 bridgehead atoms. The maximum atomic E-state index is 13.1. The van der Waals surface area contributed by atoms with Crippen LogP contribution in [-0.2, 0) is 10.2 Å². The standard InChI is InChI=1S/C28H28ClN3O2/c1-34-16-15-31-27(33)25-19-30-18-24(21-9-4-2-5-10-21)26(25)32-20-28(13-6-3-7-14-28)22-11-8-12-23(29)17-22/h2,4-5,8-12,17-19H,6,13-16,20H2,1H3,(H,30,32)(H,31,33). The first-order valence-electron chi connectivity index (χ1n) is 11.4. The van der Waals surface area contributed by atoms with Crippen LogP contribution in [0, 0.1) is 11.8 Å². The second-order valence-corrected chi connectivity index (χ2v) is 8.84. The minimum atomic E-state index is -0.211. The van der Waals surface area contributed by atoms with Gasteiger partial charge < -0.3 is 15.4 Å². The lowest BCUT2D eigenvalue weighted by molar-refractivity contribution is 0.0937. The Labute approximate surface area is 205 Å². The molecule has 1 unspecified atom stereocenters. The molecule has 0 radical (unpaired) electrons. The van der Waals surface area contributed by atoms with Crippen molar-refractivity contribution in [1.29, 1.82) is 0 Å². The van der Waals surface area contributed by atoms with Crippen molar-refractivity contribution in [1.82, 2.24) is 10.3 Å². The van der Waals surface area contributed by atoms with Crippen molar-refractivity contribution in [3.8, 4) is 23.0 Å². The van der Waals surface area contributed by atoms with E-state index in [-0.39, 0.29) is 11.3 Å². The van der Waals surface area contributed by atoms with Gasteiger partial charge in [0.2, 0.25) is 0 Å². The van der Waals surface area contributed by atoms with Crippen LogP contribution < -0.4 is 10.6 Å². The van der Waals surface area contributed by atoms with Crippen LogP contribution in [0.15, 0.2) is 67.0 Å². The third kappa shape index (κ3) is 5.41. The average molecular weight is 474 g/mol. The lowest BCUT2D eigenvalue weighted by Crippen LogP contribution is -2.36. The molecule has 3 aromatic rings. The van der Waals surface area contributed by atoms with Crippen molar-refractivity contribution in [2.75, 3.05) is 32.1 Å². The maximum Gasteiger partial charge on any atom is 0.255 e. The lowest BCUT2D eigenvalue weighted by atomic mass is 9.72. The van der Waals surface area contributed by atoms with Gasteiger partial charge in [-0.25, -0.2) is 0 Å². The van der Waals surface area contributed by atoms with Gasteiger partial charge in [-0.3, -0.25) is 9.78 Å². The van der Waals surface area contributed by atoms with Crippen LogP contribution in [0.25, 0.3) is 11.1 Å². The summed E-state index contributed by atoms with van der Waals surface area (Å²) < 4.78 is 5.08. The smallest absolute Gasteiger partial charge is 0.255 e. The number of amides is 1. The number of rotatable bonds is 9. The van der Waals surface area contributed by atoms with Crippen molar-refractivity contribution in [2.45, 2.75) is 24.7 Å². The summed E-state index contributed by atoms with van der Waals surface area (Å²) in [5.41, 5.74) is 4.07. The van der Waals surface area contributed by atoms with E-state index < -0.39 is 0 Å². The zero-order valence-corrected chi connectivity index (χ0v) is 20.0. The third-order valence-electron chi connectivity index (χ3n) is 6.19. The fraction of sp³-hybridized carbons (Fsp3) is 0.286. The van der Waals surface area contributed by atoms with E-state index in [1.807, 2.05) is 48.5 Å².